The molecule has 4 rings (SSSR count). The topological polar surface area (TPSA) is 98.8 Å². The van der Waals surface area contributed by atoms with Gasteiger partial charge in [-0.3, -0.25) is 19.2 Å². The predicted molar refractivity (Wildman–Crippen MR) is 65.8 cm³/mol. The first-order valence-corrected chi connectivity index (χ1v) is 6.72. The van der Waals surface area contributed by atoms with Crippen LogP contribution >= 0.6 is 0 Å². The molecule has 0 aromatic carbocycles. The molecule has 0 spiro atoms. The molecule has 8 nitrogen and oxygen atoms in total. The Morgan fingerprint density at radius 2 is 1.15 bits per heavy atom. The van der Waals surface area contributed by atoms with Crippen LogP contribution in [-0.4, -0.2) is 58.8 Å². The second-order valence-corrected chi connectivity index (χ2v) is 5.29. The van der Waals surface area contributed by atoms with E-state index in [-0.39, 0.29) is 49.0 Å². The summed E-state index contributed by atoms with van der Waals surface area (Å²) in [5.74, 6) is 0.141. The lowest BCUT2D eigenvalue weighted by atomic mass is 10.3. The number of rotatable bonds is 0. The third-order valence-electron chi connectivity index (χ3n) is 3.94. The van der Waals surface area contributed by atoms with Gasteiger partial charge in [-0.2, -0.15) is 0 Å². The smallest absolute Gasteiger partial charge is 0.241 e. The monoisotopic (exact) mass is 280 g/mol. The van der Waals surface area contributed by atoms with Crippen LogP contribution in [0.4, 0.5) is 0 Å². The Labute approximate surface area is 115 Å². The van der Waals surface area contributed by atoms with Crippen LogP contribution in [0.15, 0.2) is 0 Å². The van der Waals surface area contributed by atoms with E-state index >= 15 is 0 Å². The Bertz CT molecular complexity index is 448. The molecule has 0 aromatic rings. The third kappa shape index (κ3) is 2.21. The van der Waals surface area contributed by atoms with Crippen LogP contribution in [0.5, 0.6) is 0 Å². The normalized spacial score (nSPS) is 30.8. The summed E-state index contributed by atoms with van der Waals surface area (Å²) < 4.78 is 0. The Balaban J connectivity index is 0.000000121. The first-order valence-electron chi connectivity index (χ1n) is 6.72. The lowest BCUT2D eigenvalue weighted by Gasteiger charge is -2.11. The SMILES string of the molecule is O=C1CN2C(=O)CC[C@@H]2N1.O=C1CN2C(=O)CC[C@H]2N1. The number of nitrogens with zero attached hydrogens (tertiary/aromatic N) is 2. The second kappa shape index (κ2) is 4.77. The van der Waals surface area contributed by atoms with Gasteiger partial charge in [-0.25, -0.2) is 0 Å². The fraction of sp³-hybridized carbons (Fsp3) is 0.667. The van der Waals surface area contributed by atoms with E-state index < -0.39 is 0 Å². The summed E-state index contributed by atoms with van der Waals surface area (Å²) in [6.45, 7) is 0.535. The molecule has 20 heavy (non-hydrogen) atoms. The molecular formula is C12H16N4O4. The zero-order valence-electron chi connectivity index (χ0n) is 10.9. The Morgan fingerprint density at radius 1 is 0.750 bits per heavy atom. The maximum atomic E-state index is 10.9. The van der Waals surface area contributed by atoms with Gasteiger partial charge in [0.25, 0.3) is 0 Å². The maximum absolute atomic E-state index is 10.9. The Kier molecular flexibility index (Phi) is 3.07. The molecule has 0 unspecified atom stereocenters. The van der Waals surface area contributed by atoms with Crippen molar-refractivity contribution in [3.05, 3.63) is 0 Å². The lowest BCUT2D eigenvalue weighted by molar-refractivity contribution is -0.130. The van der Waals surface area contributed by atoms with Gasteiger partial charge in [0.1, 0.15) is 25.4 Å². The number of amides is 4. The molecule has 4 saturated heterocycles. The molecule has 4 amide bonds. The van der Waals surface area contributed by atoms with E-state index in [1.54, 1.807) is 9.80 Å². The van der Waals surface area contributed by atoms with Crippen LogP contribution in [0.2, 0.25) is 0 Å². The number of carbonyl (C=O) groups excluding carboxylic acids is 4. The Morgan fingerprint density at radius 3 is 1.50 bits per heavy atom. The van der Waals surface area contributed by atoms with Gasteiger partial charge in [0.15, 0.2) is 0 Å². The minimum Gasteiger partial charge on any atom is -0.334 e. The minimum absolute atomic E-state index is 0.0139. The van der Waals surface area contributed by atoms with E-state index in [2.05, 4.69) is 10.6 Å². The number of fused-ring (bicyclic) bond motifs is 2. The molecule has 4 aliphatic heterocycles. The standard InChI is InChI=1S/2C6H8N2O2/c2*9-5-3-8-4(7-5)1-2-6(8)10/h2*4H,1-3H2,(H,7,9)/t2*4-/m10/s1. The molecule has 0 bridgehead atoms. The van der Waals surface area contributed by atoms with Gasteiger partial charge < -0.3 is 20.4 Å². The quantitative estimate of drug-likeness (QED) is 0.543. The lowest BCUT2D eigenvalue weighted by Crippen LogP contribution is -2.31. The maximum Gasteiger partial charge on any atom is 0.241 e. The molecule has 8 heteroatoms. The highest BCUT2D eigenvalue weighted by molar-refractivity contribution is 5.90. The fourth-order valence-corrected chi connectivity index (χ4v) is 2.94. The number of nitrogens with one attached hydrogen (secondary N) is 2. The first-order chi connectivity index (χ1) is 9.54. The molecule has 0 saturated carbocycles. The van der Waals surface area contributed by atoms with Crippen LogP contribution in [0, 0.1) is 0 Å². The van der Waals surface area contributed by atoms with Gasteiger partial charge in [-0.15, -0.1) is 0 Å². The van der Waals surface area contributed by atoms with Crippen molar-refractivity contribution >= 4 is 23.6 Å². The Hall–Kier alpha value is -2.12. The molecule has 108 valence electrons. The van der Waals surface area contributed by atoms with E-state index in [1.807, 2.05) is 0 Å². The predicted octanol–water partition coefficient (Wildman–Crippen LogP) is -1.87. The summed E-state index contributed by atoms with van der Waals surface area (Å²) in [5.41, 5.74) is 0. The molecule has 4 heterocycles. The summed E-state index contributed by atoms with van der Waals surface area (Å²) in [7, 11) is 0. The molecular weight excluding hydrogens is 264 g/mol. The van der Waals surface area contributed by atoms with E-state index in [9.17, 15) is 19.2 Å². The second-order valence-electron chi connectivity index (χ2n) is 5.29. The molecule has 4 aliphatic rings. The number of hydrogen-bond donors (Lipinski definition) is 2. The highest BCUT2D eigenvalue weighted by Gasteiger charge is 2.38. The minimum atomic E-state index is -0.0296. The van der Waals surface area contributed by atoms with Gasteiger partial charge in [-0.05, 0) is 12.8 Å². The molecule has 4 fully saturated rings. The van der Waals surface area contributed by atoms with Crippen LogP contribution in [0.3, 0.4) is 0 Å². The van der Waals surface area contributed by atoms with Crippen molar-refractivity contribution in [1.82, 2.24) is 20.4 Å². The van der Waals surface area contributed by atoms with Crippen molar-refractivity contribution in [3.63, 3.8) is 0 Å². The third-order valence-corrected chi connectivity index (χ3v) is 3.94. The van der Waals surface area contributed by atoms with Crippen LogP contribution in [0.25, 0.3) is 0 Å². The summed E-state index contributed by atoms with van der Waals surface area (Å²) >= 11 is 0. The van der Waals surface area contributed by atoms with Crippen molar-refractivity contribution in [2.24, 2.45) is 0 Å². The van der Waals surface area contributed by atoms with Crippen molar-refractivity contribution in [1.29, 1.82) is 0 Å². The number of hydrogen-bond acceptors (Lipinski definition) is 4. The van der Waals surface area contributed by atoms with Gasteiger partial charge in [-0.1, -0.05) is 0 Å². The average Bonchev–Trinajstić information content (AvgIpc) is 3.09. The van der Waals surface area contributed by atoms with Crippen LogP contribution in [0.1, 0.15) is 25.7 Å². The first kappa shape index (κ1) is 12.9. The summed E-state index contributed by atoms with van der Waals surface area (Å²) in [5, 5.41) is 5.42. The highest BCUT2D eigenvalue weighted by atomic mass is 16.2. The molecule has 0 aliphatic carbocycles. The van der Waals surface area contributed by atoms with E-state index in [4.69, 9.17) is 0 Å². The zero-order chi connectivity index (χ0) is 14.3. The van der Waals surface area contributed by atoms with Gasteiger partial charge in [0.05, 0.1) is 0 Å². The molecule has 2 atom stereocenters. The largest absolute Gasteiger partial charge is 0.334 e. The molecule has 0 aromatic heterocycles. The summed E-state index contributed by atoms with van der Waals surface area (Å²) in [6, 6.07) is 0. The molecule has 0 radical (unpaired) electrons. The van der Waals surface area contributed by atoms with E-state index in [1.165, 1.54) is 0 Å². The van der Waals surface area contributed by atoms with Gasteiger partial charge in [0, 0.05) is 12.8 Å². The van der Waals surface area contributed by atoms with Crippen molar-refractivity contribution < 1.29 is 19.2 Å². The average molecular weight is 280 g/mol. The van der Waals surface area contributed by atoms with Crippen molar-refractivity contribution in [3.8, 4) is 0 Å². The fourth-order valence-electron chi connectivity index (χ4n) is 2.94. The van der Waals surface area contributed by atoms with Crippen LogP contribution < -0.4 is 10.6 Å². The summed E-state index contributed by atoms with van der Waals surface area (Å²) in [6.07, 6.45) is 2.77. The zero-order valence-corrected chi connectivity index (χ0v) is 10.9. The van der Waals surface area contributed by atoms with Crippen molar-refractivity contribution in [2.45, 2.75) is 38.0 Å². The molecule has 2 N–H and O–H groups in total. The number of carbonyl (C=O) groups is 4. The highest BCUT2D eigenvalue weighted by Crippen LogP contribution is 2.20. The van der Waals surface area contributed by atoms with E-state index in [0.717, 1.165) is 12.8 Å². The van der Waals surface area contributed by atoms with Gasteiger partial charge in [0.2, 0.25) is 23.6 Å². The van der Waals surface area contributed by atoms with Crippen LogP contribution in [-0.2, 0) is 19.2 Å². The van der Waals surface area contributed by atoms with Gasteiger partial charge >= 0.3 is 0 Å². The van der Waals surface area contributed by atoms with E-state index in [0.29, 0.717) is 12.8 Å². The summed E-state index contributed by atoms with van der Waals surface area (Å²) in [4.78, 5) is 46.5. The van der Waals surface area contributed by atoms with Crippen molar-refractivity contribution in [2.75, 3.05) is 13.1 Å².